The van der Waals surface area contributed by atoms with Crippen molar-refractivity contribution in [2.75, 3.05) is 5.75 Å². The molecule has 0 aliphatic heterocycles. The third-order valence-electron chi connectivity index (χ3n) is 0.622. The summed E-state index contributed by atoms with van der Waals surface area (Å²) in [6, 6.07) is 0. The molecular weight excluding hydrogens is 136 g/mol. The Morgan fingerprint density at radius 3 is 2.89 bits per heavy atom. The van der Waals surface area contributed by atoms with Gasteiger partial charge in [-0.15, -0.1) is 11.8 Å². The highest BCUT2D eigenvalue weighted by Crippen LogP contribution is 2.02. The summed E-state index contributed by atoms with van der Waals surface area (Å²) in [6.07, 6.45) is 2.10. The molecule has 0 bridgehead atoms. The average molecular weight is 145 g/mol. The van der Waals surface area contributed by atoms with E-state index in [-0.39, 0.29) is 0 Å². The lowest BCUT2D eigenvalue weighted by Gasteiger charge is -1.90. The van der Waals surface area contributed by atoms with Crippen LogP contribution in [0.25, 0.3) is 0 Å². The topological polar surface area (TPSA) is 40.1 Å². The molecule has 0 unspecified atom stereocenters. The summed E-state index contributed by atoms with van der Waals surface area (Å²) >= 11 is 1.48. The molecular formula is C6H9O2S-. The van der Waals surface area contributed by atoms with E-state index < -0.39 is 5.97 Å². The molecule has 0 heterocycles. The highest BCUT2D eigenvalue weighted by molar-refractivity contribution is 8.02. The van der Waals surface area contributed by atoms with Gasteiger partial charge in [0.15, 0.2) is 0 Å². The van der Waals surface area contributed by atoms with Crippen molar-refractivity contribution in [2.24, 2.45) is 0 Å². The number of carboxylic acids is 1. The van der Waals surface area contributed by atoms with E-state index >= 15 is 0 Å². The molecule has 0 aromatic carbocycles. The Labute approximate surface area is 59.0 Å². The maximum Gasteiger partial charge on any atom is 0.0647 e. The van der Waals surface area contributed by atoms with Gasteiger partial charge in [-0.05, 0) is 23.7 Å². The molecule has 0 radical (unpaired) electrons. The van der Waals surface area contributed by atoms with E-state index in [1.807, 2.05) is 6.92 Å². The third-order valence-corrected chi connectivity index (χ3v) is 1.59. The summed E-state index contributed by atoms with van der Waals surface area (Å²) in [6.45, 7) is 2.04. The second kappa shape index (κ2) is 5.69. The van der Waals surface area contributed by atoms with Gasteiger partial charge in [-0.2, -0.15) is 0 Å². The van der Waals surface area contributed by atoms with Crippen molar-refractivity contribution in [1.82, 2.24) is 0 Å². The van der Waals surface area contributed by atoms with Crippen LogP contribution in [0, 0.1) is 0 Å². The van der Waals surface area contributed by atoms with Crippen molar-refractivity contribution < 1.29 is 9.90 Å². The van der Waals surface area contributed by atoms with Gasteiger partial charge in [0.25, 0.3) is 0 Å². The van der Waals surface area contributed by atoms with Crippen LogP contribution in [0.15, 0.2) is 11.5 Å². The van der Waals surface area contributed by atoms with E-state index in [2.05, 4.69) is 0 Å². The van der Waals surface area contributed by atoms with Crippen LogP contribution in [-0.4, -0.2) is 11.7 Å². The summed E-state index contributed by atoms with van der Waals surface area (Å²) in [5.74, 6) is -0.164. The van der Waals surface area contributed by atoms with E-state index in [1.165, 1.54) is 11.8 Å². The molecule has 0 amide bonds. The zero-order valence-electron chi connectivity index (χ0n) is 5.29. The third kappa shape index (κ3) is 7.56. The molecule has 9 heavy (non-hydrogen) atoms. The molecule has 52 valence electrons. The molecule has 0 N–H and O–H groups in total. The van der Waals surface area contributed by atoms with Crippen molar-refractivity contribution in [2.45, 2.75) is 13.3 Å². The molecule has 0 atom stereocenters. The predicted octanol–water partition coefficient (Wildman–Crippen LogP) is 0.393. The normalized spacial score (nSPS) is 10.3. The molecule has 0 saturated carbocycles. The number of carbonyl (C=O) groups is 1. The summed E-state index contributed by atoms with van der Waals surface area (Å²) in [7, 11) is 0. The molecule has 0 spiro atoms. The monoisotopic (exact) mass is 145 g/mol. The van der Waals surface area contributed by atoms with Crippen molar-refractivity contribution >= 4 is 17.7 Å². The van der Waals surface area contributed by atoms with Gasteiger partial charge in [0.1, 0.15) is 0 Å². The molecule has 0 rings (SSSR count). The fraction of sp³-hybridized carbons (Fsp3) is 0.500. The number of rotatable bonds is 4. The Morgan fingerprint density at radius 1 is 1.78 bits per heavy atom. The second-order valence-electron chi connectivity index (χ2n) is 1.49. The van der Waals surface area contributed by atoms with Gasteiger partial charge in [0.05, 0.1) is 5.97 Å². The number of thioether (sulfide) groups is 1. The van der Waals surface area contributed by atoms with Gasteiger partial charge >= 0.3 is 0 Å². The van der Waals surface area contributed by atoms with Crippen LogP contribution < -0.4 is 5.11 Å². The fourth-order valence-corrected chi connectivity index (χ4v) is 0.869. The first kappa shape index (κ1) is 8.56. The molecule has 0 saturated heterocycles. The molecule has 0 fully saturated rings. The molecule has 0 aliphatic rings. The van der Waals surface area contributed by atoms with Crippen LogP contribution in [0.4, 0.5) is 0 Å². The standard InChI is InChI=1S/C6H10O2S/c1-2-4-9-5-3-6(7)8/h3,5H,2,4H2,1H3,(H,7,8)/p-1/b5-3-. The predicted molar refractivity (Wildman–Crippen MR) is 36.9 cm³/mol. The molecule has 0 aromatic rings. The van der Waals surface area contributed by atoms with Crippen LogP contribution in [0.3, 0.4) is 0 Å². The van der Waals surface area contributed by atoms with Gasteiger partial charge in [-0.1, -0.05) is 6.92 Å². The molecule has 0 aliphatic carbocycles. The molecule has 3 heteroatoms. The zero-order chi connectivity index (χ0) is 7.11. The van der Waals surface area contributed by atoms with Gasteiger partial charge < -0.3 is 9.90 Å². The lowest BCUT2D eigenvalue weighted by Crippen LogP contribution is -2.18. The quantitative estimate of drug-likeness (QED) is 0.424. The van der Waals surface area contributed by atoms with Crippen LogP contribution in [0.2, 0.25) is 0 Å². The minimum Gasteiger partial charge on any atom is -0.545 e. The maximum absolute atomic E-state index is 9.75. The first-order valence-electron chi connectivity index (χ1n) is 2.76. The fourth-order valence-electron chi connectivity index (χ4n) is 0.290. The minimum absolute atomic E-state index is 0.962. The highest BCUT2D eigenvalue weighted by atomic mass is 32.2. The van der Waals surface area contributed by atoms with Gasteiger partial charge in [-0.3, -0.25) is 0 Å². The Morgan fingerprint density at radius 2 is 2.44 bits per heavy atom. The van der Waals surface area contributed by atoms with Crippen LogP contribution >= 0.6 is 11.8 Å². The summed E-state index contributed by atoms with van der Waals surface area (Å²) in [5.41, 5.74) is 0. The van der Waals surface area contributed by atoms with Crippen molar-refractivity contribution in [3.05, 3.63) is 11.5 Å². The first-order valence-corrected chi connectivity index (χ1v) is 3.81. The number of hydrogen-bond acceptors (Lipinski definition) is 3. The minimum atomic E-state index is -1.13. The highest BCUT2D eigenvalue weighted by Gasteiger charge is 1.76. The summed E-state index contributed by atoms with van der Waals surface area (Å²) < 4.78 is 0. The van der Waals surface area contributed by atoms with Gasteiger partial charge in [0.2, 0.25) is 0 Å². The number of aliphatic carboxylic acids is 1. The average Bonchev–Trinajstić information content (AvgIpc) is 1.80. The van der Waals surface area contributed by atoms with Gasteiger partial charge in [0, 0.05) is 0 Å². The zero-order valence-corrected chi connectivity index (χ0v) is 6.11. The first-order chi connectivity index (χ1) is 4.27. The Kier molecular flexibility index (Phi) is 5.41. The largest absolute Gasteiger partial charge is 0.545 e. The van der Waals surface area contributed by atoms with Crippen LogP contribution in [0.5, 0.6) is 0 Å². The lowest BCUT2D eigenvalue weighted by molar-refractivity contribution is -0.297. The number of carbonyl (C=O) groups excluding carboxylic acids is 1. The smallest absolute Gasteiger partial charge is 0.0647 e. The SMILES string of the molecule is CCCS/C=C\C(=O)[O-]. The number of hydrogen-bond donors (Lipinski definition) is 0. The van der Waals surface area contributed by atoms with E-state index in [1.54, 1.807) is 5.41 Å². The molecule has 0 aromatic heterocycles. The Hall–Kier alpha value is -0.440. The van der Waals surface area contributed by atoms with E-state index in [0.29, 0.717) is 0 Å². The summed E-state index contributed by atoms with van der Waals surface area (Å²) in [5, 5.41) is 11.3. The van der Waals surface area contributed by atoms with E-state index in [9.17, 15) is 9.90 Å². The maximum atomic E-state index is 9.75. The van der Waals surface area contributed by atoms with Crippen molar-refractivity contribution in [3.63, 3.8) is 0 Å². The van der Waals surface area contributed by atoms with E-state index in [4.69, 9.17) is 0 Å². The van der Waals surface area contributed by atoms with E-state index in [0.717, 1.165) is 18.2 Å². The lowest BCUT2D eigenvalue weighted by atomic mass is 10.6. The van der Waals surface area contributed by atoms with Crippen LogP contribution in [-0.2, 0) is 4.79 Å². The summed E-state index contributed by atoms with van der Waals surface area (Å²) in [4.78, 5) is 9.75. The second-order valence-corrected chi connectivity index (χ2v) is 2.51. The van der Waals surface area contributed by atoms with Crippen molar-refractivity contribution in [1.29, 1.82) is 0 Å². The van der Waals surface area contributed by atoms with Crippen molar-refractivity contribution in [3.8, 4) is 0 Å². The van der Waals surface area contributed by atoms with Crippen LogP contribution in [0.1, 0.15) is 13.3 Å². The van der Waals surface area contributed by atoms with Gasteiger partial charge in [-0.25, -0.2) is 0 Å². The Bertz CT molecular complexity index is 110. The number of carboxylic acid groups (broad SMARTS) is 1. The Balaban J connectivity index is 3.15. The molecule has 2 nitrogen and oxygen atoms in total.